The summed E-state index contributed by atoms with van der Waals surface area (Å²) in [5, 5.41) is 2.54. The summed E-state index contributed by atoms with van der Waals surface area (Å²) in [6.07, 6.45) is 2.93. The minimum atomic E-state index is -0.0250. The summed E-state index contributed by atoms with van der Waals surface area (Å²) in [5.74, 6) is 0. The van der Waals surface area contributed by atoms with Gasteiger partial charge in [0.2, 0.25) is 0 Å². The number of nitrogens with one attached hydrogen (secondary N) is 2. The molecule has 0 aliphatic carbocycles. The maximum atomic E-state index is 13.7. The van der Waals surface area contributed by atoms with Crippen molar-refractivity contribution in [3.8, 4) is 0 Å². The lowest BCUT2D eigenvalue weighted by atomic mass is 10.0. The van der Waals surface area contributed by atoms with Crippen LogP contribution in [0.2, 0.25) is 0 Å². The Morgan fingerprint density at radius 2 is 1.33 bits per heavy atom. The quantitative estimate of drug-likeness (QED) is 0.325. The van der Waals surface area contributed by atoms with Crippen LogP contribution in [0.15, 0.2) is 58.1 Å². The summed E-state index contributed by atoms with van der Waals surface area (Å²) in [6.45, 7) is 8.41. The average Bonchev–Trinajstić information content (AvgIpc) is 2.83. The number of hydrogen-bond donors (Lipinski definition) is 2. The smallest absolute Gasteiger partial charge is 0.197 e. The zero-order chi connectivity index (χ0) is 23.1. The zero-order valence-electron chi connectivity index (χ0n) is 19.4. The van der Waals surface area contributed by atoms with E-state index in [1.165, 1.54) is 0 Å². The van der Waals surface area contributed by atoms with Gasteiger partial charge in [-0.3, -0.25) is 9.59 Å². The minimum absolute atomic E-state index is 0.000783. The lowest BCUT2D eigenvalue weighted by Gasteiger charge is -2.25. The Hall–Kier alpha value is -3.60. The van der Waals surface area contributed by atoms with Crippen LogP contribution in [-0.4, -0.2) is 23.1 Å². The summed E-state index contributed by atoms with van der Waals surface area (Å²) in [5.41, 5.74) is 5.21. The highest BCUT2D eigenvalue weighted by molar-refractivity contribution is 6.03. The average molecular weight is 440 g/mol. The second kappa shape index (κ2) is 8.39. The predicted octanol–water partition coefficient (Wildman–Crippen LogP) is 5.86. The van der Waals surface area contributed by atoms with Crippen molar-refractivity contribution in [2.75, 3.05) is 18.0 Å². The molecule has 0 fully saturated rings. The van der Waals surface area contributed by atoms with Crippen LogP contribution < -0.4 is 15.8 Å². The molecule has 5 nitrogen and oxygen atoms in total. The zero-order valence-corrected chi connectivity index (χ0v) is 19.4. The van der Waals surface area contributed by atoms with E-state index in [2.05, 4.69) is 41.7 Å². The molecule has 0 amide bonds. The molecule has 2 aromatic heterocycles. The Balaban J connectivity index is 1.84. The Morgan fingerprint density at radius 1 is 0.697 bits per heavy atom. The maximum absolute atomic E-state index is 13.7. The number of fused-ring (bicyclic) bond motifs is 4. The second-order valence-electron chi connectivity index (χ2n) is 8.77. The lowest BCUT2D eigenvalue weighted by Crippen LogP contribution is -2.25. The van der Waals surface area contributed by atoms with E-state index in [9.17, 15) is 9.59 Å². The molecule has 0 saturated carbocycles. The van der Waals surface area contributed by atoms with Crippen molar-refractivity contribution in [2.45, 2.75) is 40.0 Å². The summed E-state index contributed by atoms with van der Waals surface area (Å²) < 4.78 is 0. The Bertz CT molecular complexity index is 1620. The molecule has 0 atom stereocenters. The molecule has 0 saturated heterocycles. The van der Waals surface area contributed by atoms with Gasteiger partial charge in [-0.25, -0.2) is 0 Å². The van der Waals surface area contributed by atoms with E-state index in [4.69, 9.17) is 0 Å². The maximum Gasteiger partial charge on any atom is 0.197 e. The van der Waals surface area contributed by atoms with Crippen LogP contribution in [0, 0.1) is 0 Å². The fourth-order valence-corrected chi connectivity index (χ4v) is 4.93. The number of pyridine rings is 2. The summed E-state index contributed by atoms with van der Waals surface area (Å²) >= 11 is 0. The fraction of sp³-hybridized carbons (Fsp3) is 0.286. The molecule has 3 aromatic carbocycles. The highest BCUT2D eigenvalue weighted by atomic mass is 16.1. The molecular weight excluding hydrogens is 410 g/mol. The Morgan fingerprint density at radius 3 is 2.00 bits per heavy atom. The molecule has 33 heavy (non-hydrogen) atoms. The first kappa shape index (κ1) is 21.3. The van der Waals surface area contributed by atoms with E-state index >= 15 is 0 Å². The van der Waals surface area contributed by atoms with Crippen LogP contribution >= 0.6 is 0 Å². The number of aromatic amines is 2. The molecule has 5 heteroatoms. The third-order valence-electron chi connectivity index (χ3n) is 6.53. The van der Waals surface area contributed by atoms with Gasteiger partial charge >= 0.3 is 0 Å². The molecule has 0 aliphatic heterocycles. The van der Waals surface area contributed by atoms with Gasteiger partial charge in [-0.05, 0) is 61.2 Å². The third kappa shape index (κ3) is 3.48. The first-order chi connectivity index (χ1) is 16.0. The van der Waals surface area contributed by atoms with Gasteiger partial charge in [0.15, 0.2) is 10.9 Å². The molecule has 5 rings (SSSR count). The topological polar surface area (TPSA) is 69.0 Å². The largest absolute Gasteiger partial charge is 0.372 e. The highest BCUT2D eigenvalue weighted by Gasteiger charge is 2.15. The van der Waals surface area contributed by atoms with Crippen molar-refractivity contribution in [3.63, 3.8) is 0 Å². The molecule has 0 spiro atoms. The van der Waals surface area contributed by atoms with E-state index in [-0.39, 0.29) is 10.9 Å². The van der Waals surface area contributed by atoms with Crippen LogP contribution in [0.25, 0.3) is 43.6 Å². The van der Waals surface area contributed by atoms with Gasteiger partial charge in [-0.15, -0.1) is 0 Å². The van der Waals surface area contributed by atoms with Crippen LogP contribution in [0.3, 0.4) is 0 Å². The number of H-pyrrole nitrogens is 2. The molecule has 168 valence electrons. The molecule has 0 bridgehead atoms. The number of anilines is 1. The van der Waals surface area contributed by atoms with Crippen LogP contribution in [0.5, 0.6) is 0 Å². The summed E-state index contributed by atoms with van der Waals surface area (Å²) in [6, 6.07) is 15.4. The summed E-state index contributed by atoms with van der Waals surface area (Å²) in [7, 11) is 0. The van der Waals surface area contributed by atoms with Gasteiger partial charge in [0.05, 0.1) is 16.6 Å². The van der Waals surface area contributed by atoms with Crippen molar-refractivity contribution >= 4 is 49.3 Å². The van der Waals surface area contributed by atoms with Crippen molar-refractivity contribution in [3.05, 3.63) is 74.5 Å². The molecular formula is C28H29N3O2. The number of aromatic nitrogens is 2. The van der Waals surface area contributed by atoms with Crippen molar-refractivity contribution in [1.29, 1.82) is 0 Å². The van der Waals surface area contributed by atoms with E-state index in [1.54, 1.807) is 0 Å². The van der Waals surface area contributed by atoms with Crippen molar-refractivity contribution < 1.29 is 0 Å². The highest BCUT2D eigenvalue weighted by Crippen LogP contribution is 2.28. The normalized spacial score (nSPS) is 11.7. The number of hydrogen-bond acceptors (Lipinski definition) is 3. The molecule has 2 N–H and O–H groups in total. The first-order valence-corrected chi connectivity index (χ1v) is 11.9. The van der Waals surface area contributed by atoms with Gasteiger partial charge in [0.25, 0.3) is 0 Å². The van der Waals surface area contributed by atoms with Gasteiger partial charge in [-0.1, -0.05) is 32.9 Å². The standard InChI is InChI=1S/C28H29N3O2/c1-4-11-31(12-5-2)18-13-17(6-3)26-22(14-18)28(33)21-15-24-20(16-25(21)30-26)27(32)19-9-7-8-10-23(19)29-24/h7-10,13-16H,4-6,11-12H2,1-3H3,(H,29,32)(H,30,33). The molecule has 5 aromatic rings. The van der Waals surface area contributed by atoms with E-state index < -0.39 is 0 Å². The SMILES string of the molecule is CCCN(CCC)c1cc(CC)c2[nH]c3cc4c(=O)c5ccccc5[nH]c4cc3c(=O)c2c1. The van der Waals surface area contributed by atoms with Crippen LogP contribution in [0.4, 0.5) is 5.69 Å². The number of nitrogens with zero attached hydrogens (tertiary/aromatic N) is 1. The lowest BCUT2D eigenvalue weighted by molar-refractivity contribution is 0.745. The molecule has 0 unspecified atom stereocenters. The van der Waals surface area contributed by atoms with Crippen molar-refractivity contribution in [2.24, 2.45) is 0 Å². The number of rotatable bonds is 6. The predicted molar refractivity (Wildman–Crippen MR) is 140 cm³/mol. The third-order valence-corrected chi connectivity index (χ3v) is 6.53. The van der Waals surface area contributed by atoms with E-state index in [1.807, 2.05) is 42.5 Å². The van der Waals surface area contributed by atoms with Crippen molar-refractivity contribution in [1.82, 2.24) is 9.97 Å². The monoisotopic (exact) mass is 439 g/mol. The number of benzene rings is 3. The molecule has 2 heterocycles. The minimum Gasteiger partial charge on any atom is -0.372 e. The number of para-hydroxylation sites is 1. The molecule has 0 aliphatic rings. The fourth-order valence-electron chi connectivity index (χ4n) is 4.93. The molecule has 0 radical (unpaired) electrons. The van der Waals surface area contributed by atoms with E-state index in [0.717, 1.165) is 54.6 Å². The van der Waals surface area contributed by atoms with Gasteiger partial charge < -0.3 is 14.9 Å². The van der Waals surface area contributed by atoms with Gasteiger partial charge in [0.1, 0.15) is 0 Å². The Kier molecular flexibility index (Phi) is 5.41. The van der Waals surface area contributed by atoms with E-state index in [0.29, 0.717) is 32.6 Å². The Labute approximate surface area is 192 Å². The van der Waals surface area contributed by atoms with Crippen LogP contribution in [-0.2, 0) is 6.42 Å². The van der Waals surface area contributed by atoms with Gasteiger partial charge in [0, 0.05) is 45.8 Å². The second-order valence-corrected chi connectivity index (χ2v) is 8.77. The van der Waals surface area contributed by atoms with Gasteiger partial charge in [-0.2, -0.15) is 0 Å². The van der Waals surface area contributed by atoms with Crippen LogP contribution in [0.1, 0.15) is 39.2 Å². The summed E-state index contributed by atoms with van der Waals surface area (Å²) in [4.78, 5) is 36.0. The number of aryl methyl sites for hydroxylation is 1. The first-order valence-electron chi connectivity index (χ1n) is 11.9.